The third-order valence-electron chi connectivity index (χ3n) is 1.53. The average Bonchev–Trinajstić information content (AvgIpc) is 2.76. The first-order valence-electron chi connectivity index (χ1n) is 3.70. The highest BCUT2D eigenvalue weighted by atomic mass is 79.9. The van der Waals surface area contributed by atoms with E-state index in [0.29, 0.717) is 6.54 Å². The highest BCUT2D eigenvalue weighted by Crippen LogP contribution is 2.04. The Hall–Kier alpha value is -0.750. The summed E-state index contributed by atoms with van der Waals surface area (Å²) in [6.45, 7) is 0.698. The second-order valence-corrected chi connectivity index (χ2v) is 3.80. The summed E-state index contributed by atoms with van der Waals surface area (Å²) in [5.74, 6) is 0. The summed E-state index contributed by atoms with van der Waals surface area (Å²) < 4.78 is 1.78. The van der Waals surface area contributed by atoms with Crippen molar-refractivity contribution in [2.24, 2.45) is 0 Å². The van der Waals surface area contributed by atoms with Crippen LogP contribution < -0.4 is 0 Å². The summed E-state index contributed by atoms with van der Waals surface area (Å²) in [6, 6.07) is 0. The first kappa shape index (κ1) is 8.83. The van der Waals surface area contributed by atoms with E-state index in [1.165, 1.54) is 0 Å². The summed E-state index contributed by atoms with van der Waals surface area (Å²) in [4.78, 5) is 4.16. The maximum absolute atomic E-state index is 4.16. The van der Waals surface area contributed by atoms with Gasteiger partial charge in [0.15, 0.2) is 0 Å². The Morgan fingerprint density at radius 3 is 3.00 bits per heavy atom. The summed E-state index contributed by atoms with van der Waals surface area (Å²) in [7, 11) is 0. The van der Waals surface area contributed by atoms with Gasteiger partial charge in [-0.25, -0.2) is 9.67 Å². The fraction of sp³-hybridized carbons (Fsp3) is 0.286. The molecule has 0 amide bonds. The molecule has 0 saturated heterocycles. The normalized spacial score (nSPS) is 10.5. The predicted octanol–water partition coefficient (Wildman–Crippen LogP) is 1.68. The van der Waals surface area contributed by atoms with Crippen LogP contribution in [0.3, 0.4) is 0 Å². The van der Waals surface area contributed by atoms with Gasteiger partial charge in [-0.3, -0.25) is 0 Å². The van der Waals surface area contributed by atoms with Crippen molar-refractivity contribution < 1.29 is 0 Å². The van der Waals surface area contributed by atoms with Crippen molar-refractivity contribution in [1.82, 2.24) is 20.0 Å². The molecule has 2 heterocycles. The van der Waals surface area contributed by atoms with Gasteiger partial charge in [0.05, 0.1) is 23.4 Å². The molecule has 68 valence electrons. The number of hydrogen-bond donors (Lipinski definition) is 0. The number of halogens is 1. The van der Waals surface area contributed by atoms with Crippen molar-refractivity contribution in [3.8, 4) is 0 Å². The van der Waals surface area contributed by atoms with Gasteiger partial charge in [0.25, 0.3) is 0 Å². The number of thiazole rings is 1. The van der Waals surface area contributed by atoms with Crippen molar-refractivity contribution >= 4 is 27.3 Å². The summed E-state index contributed by atoms with van der Waals surface area (Å²) in [5, 5.41) is 10.7. The molecular formula is C7H7BrN4S. The van der Waals surface area contributed by atoms with Crippen molar-refractivity contribution in [2.75, 3.05) is 0 Å². The highest BCUT2D eigenvalue weighted by Gasteiger charge is 2.00. The summed E-state index contributed by atoms with van der Waals surface area (Å²) in [6.07, 6.45) is 1.91. The second kappa shape index (κ2) is 3.97. The molecule has 2 aromatic heterocycles. The Kier molecular flexibility index (Phi) is 2.70. The largest absolute Gasteiger partial charge is 0.248 e. The van der Waals surface area contributed by atoms with E-state index in [1.54, 1.807) is 16.0 Å². The van der Waals surface area contributed by atoms with Gasteiger partial charge < -0.3 is 0 Å². The molecule has 0 spiro atoms. The van der Waals surface area contributed by atoms with E-state index in [2.05, 4.69) is 31.2 Å². The molecule has 2 aromatic rings. The Labute approximate surface area is 87.7 Å². The number of rotatable bonds is 3. The lowest BCUT2D eigenvalue weighted by Gasteiger charge is -1.93. The summed E-state index contributed by atoms with van der Waals surface area (Å²) >= 11 is 4.91. The number of hydrogen-bond acceptors (Lipinski definition) is 4. The van der Waals surface area contributed by atoms with Crippen molar-refractivity contribution in [1.29, 1.82) is 0 Å². The fourth-order valence-corrected chi connectivity index (χ4v) is 1.77. The van der Waals surface area contributed by atoms with Crippen molar-refractivity contribution in [3.63, 3.8) is 0 Å². The monoisotopic (exact) mass is 258 g/mol. The maximum atomic E-state index is 4.16. The van der Waals surface area contributed by atoms with Gasteiger partial charge in [0.2, 0.25) is 0 Å². The minimum atomic E-state index is 0.698. The number of alkyl halides is 1. The van der Waals surface area contributed by atoms with Crippen LogP contribution in [0.5, 0.6) is 0 Å². The zero-order chi connectivity index (χ0) is 9.10. The Morgan fingerprint density at radius 1 is 1.46 bits per heavy atom. The molecule has 0 N–H and O–H groups in total. The molecule has 0 radical (unpaired) electrons. The van der Waals surface area contributed by atoms with Gasteiger partial charge in [-0.2, -0.15) is 0 Å². The van der Waals surface area contributed by atoms with Gasteiger partial charge in [0.1, 0.15) is 0 Å². The van der Waals surface area contributed by atoms with Crippen LogP contribution in [0.1, 0.15) is 11.4 Å². The number of aromatic nitrogens is 4. The van der Waals surface area contributed by atoms with Crippen LogP contribution in [0.4, 0.5) is 0 Å². The molecule has 0 aliphatic heterocycles. The molecule has 0 aliphatic carbocycles. The quantitative estimate of drug-likeness (QED) is 0.787. The standard InChI is InChI=1S/C7H7BrN4S/c8-1-6-2-12(11-10-6)3-7-4-13-5-9-7/h2,4-5H,1,3H2. The SMILES string of the molecule is BrCc1cn(Cc2cscn2)nn1. The molecule has 0 bridgehead atoms. The lowest BCUT2D eigenvalue weighted by Crippen LogP contribution is -2.00. The van der Waals surface area contributed by atoms with Gasteiger partial charge in [-0.1, -0.05) is 21.1 Å². The van der Waals surface area contributed by atoms with Gasteiger partial charge in [-0.05, 0) is 0 Å². The van der Waals surface area contributed by atoms with Crippen LogP contribution in [0.25, 0.3) is 0 Å². The minimum Gasteiger partial charge on any atom is -0.248 e. The predicted molar refractivity (Wildman–Crippen MR) is 53.9 cm³/mol. The van der Waals surface area contributed by atoms with Gasteiger partial charge >= 0.3 is 0 Å². The van der Waals surface area contributed by atoms with Crippen LogP contribution in [0, 0.1) is 0 Å². The van der Waals surface area contributed by atoms with E-state index in [0.717, 1.165) is 16.7 Å². The topological polar surface area (TPSA) is 43.6 Å². The fourth-order valence-electron chi connectivity index (χ4n) is 0.959. The molecular weight excluding hydrogens is 252 g/mol. The molecule has 0 aliphatic rings. The van der Waals surface area contributed by atoms with Gasteiger partial charge in [-0.15, -0.1) is 16.4 Å². The molecule has 0 unspecified atom stereocenters. The zero-order valence-corrected chi connectivity index (χ0v) is 9.12. The Morgan fingerprint density at radius 2 is 2.38 bits per heavy atom. The van der Waals surface area contributed by atoms with Crippen LogP contribution in [-0.4, -0.2) is 20.0 Å². The molecule has 4 nitrogen and oxygen atoms in total. The smallest absolute Gasteiger partial charge is 0.0932 e. The van der Waals surface area contributed by atoms with Gasteiger partial charge in [0, 0.05) is 16.9 Å². The van der Waals surface area contributed by atoms with Crippen LogP contribution in [-0.2, 0) is 11.9 Å². The van der Waals surface area contributed by atoms with Crippen LogP contribution in [0.15, 0.2) is 17.1 Å². The van der Waals surface area contributed by atoms with E-state index in [1.807, 2.05) is 17.1 Å². The molecule has 13 heavy (non-hydrogen) atoms. The van der Waals surface area contributed by atoms with Crippen molar-refractivity contribution in [3.05, 3.63) is 28.5 Å². The molecule has 0 fully saturated rings. The Bertz CT molecular complexity index is 370. The van der Waals surface area contributed by atoms with E-state index >= 15 is 0 Å². The van der Waals surface area contributed by atoms with E-state index < -0.39 is 0 Å². The second-order valence-electron chi connectivity index (χ2n) is 2.52. The zero-order valence-electron chi connectivity index (χ0n) is 6.72. The first-order chi connectivity index (χ1) is 6.38. The Balaban J connectivity index is 2.10. The molecule has 0 saturated carbocycles. The molecule has 2 rings (SSSR count). The lowest BCUT2D eigenvalue weighted by molar-refractivity contribution is 0.641. The molecule has 6 heteroatoms. The minimum absolute atomic E-state index is 0.698. The number of nitrogens with zero attached hydrogens (tertiary/aromatic N) is 4. The van der Waals surface area contributed by atoms with E-state index in [4.69, 9.17) is 0 Å². The third kappa shape index (κ3) is 2.13. The third-order valence-corrected chi connectivity index (χ3v) is 2.74. The highest BCUT2D eigenvalue weighted by molar-refractivity contribution is 9.08. The maximum Gasteiger partial charge on any atom is 0.0932 e. The first-order valence-corrected chi connectivity index (χ1v) is 5.77. The average molecular weight is 259 g/mol. The van der Waals surface area contributed by atoms with Crippen molar-refractivity contribution in [2.45, 2.75) is 11.9 Å². The molecule has 0 atom stereocenters. The van der Waals surface area contributed by atoms with Crippen LogP contribution in [0.2, 0.25) is 0 Å². The summed E-state index contributed by atoms with van der Waals surface area (Å²) in [5.41, 5.74) is 3.78. The van der Waals surface area contributed by atoms with E-state index in [-0.39, 0.29) is 0 Å². The molecule has 0 aromatic carbocycles. The van der Waals surface area contributed by atoms with E-state index in [9.17, 15) is 0 Å². The van der Waals surface area contributed by atoms with Crippen LogP contribution >= 0.6 is 27.3 Å². The lowest BCUT2D eigenvalue weighted by atomic mass is 10.5.